The topological polar surface area (TPSA) is 87.7 Å². The zero-order chi connectivity index (χ0) is 21.6. The van der Waals surface area contributed by atoms with Crippen LogP contribution >= 0.6 is 11.6 Å². The standard InChI is InChI=1S/C19H18ClF3N6O/c1-3-4-10-7-11-14(6-5-13(24)16(11)20)29(10)9-15-25-18(30-27-15)12-8-28(2)26-17(12)19(21,22)23/h5-8H,3-4,9,24H2,1-2H3. The minimum atomic E-state index is -4.63. The minimum Gasteiger partial charge on any atom is -0.398 e. The van der Waals surface area contributed by atoms with Crippen LogP contribution in [0.2, 0.25) is 5.02 Å². The van der Waals surface area contributed by atoms with Gasteiger partial charge in [0.15, 0.2) is 11.5 Å². The van der Waals surface area contributed by atoms with E-state index in [1.807, 2.05) is 23.6 Å². The molecule has 0 amide bonds. The Kier molecular flexibility index (Phi) is 4.97. The van der Waals surface area contributed by atoms with Gasteiger partial charge < -0.3 is 14.8 Å². The Hall–Kier alpha value is -3.01. The lowest BCUT2D eigenvalue weighted by Crippen LogP contribution is -2.08. The molecule has 0 atom stereocenters. The molecule has 3 heterocycles. The van der Waals surface area contributed by atoms with E-state index in [2.05, 4.69) is 15.2 Å². The predicted octanol–water partition coefficient (Wildman–Crippen LogP) is 4.68. The Balaban J connectivity index is 1.74. The first-order valence-corrected chi connectivity index (χ1v) is 9.56. The molecule has 0 spiro atoms. The lowest BCUT2D eigenvalue weighted by atomic mass is 10.2. The Labute approximate surface area is 174 Å². The maximum atomic E-state index is 13.2. The molecule has 1 aromatic carbocycles. The van der Waals surface area contributed by atoms with Crippen molar-refractivity contribution in [1.29, 1.82) is 0 Å². The van der Waals surface area contributed by atoms with Crippen LogP contribution in [-0.2, 0) is 26.2 Å². The molecule has 0 unspecified atom stereocenters. The van der Waals surface area contributed by atoms with Crippen LogP contribution < -0.4 is 5.73 Å². The number of aromatic nitrogens is 5. The number of halogens is 4. The zero-order valence-electron chi connectivity index (χ0n) is 16.2. The fraction of sp³-hybridized carbons (Fsp3) is 0.316. The van der Waals surface area contributed by atoms with Crippen LogP contribution in [0.1, 0.15) is 30.6 Å². The normalized spacial score (nSPS) is 12.2. The fourth-order valence-corrected chi connectivity index (χ4v) is 3.66. The molecule has 158 valence electrons. The Morgan fingerprint density at radius 1 is 1.27 bits per heavy atom. The smallest absolute Gasteiger partial charge is 0.398 e. The molecular weight excluding hydrogens is 421 g/mol. The van der Waals surface area contributed by atoms with Crippen molar-refractivity contribution >= 4 is 28.2 Å². The van der Waals surface area contributed by atoms with Gasteiger partial charge >= 0.3 is 6.18 Å². The largest absolute Gasteiger partial charge is 0.435 e. The highest BCUT2D eigenvalue weighted by Gasteiger charge is 2.39. The Morgan fingerprint density at radius 3 is 2.73 bits per heavy atom. The van der Waals surface area contributed by atoms with Gasteiger partial charge in [0, 0.05) is 24.3 Å². The van der Waals surface area contributed by atoms with Crippen molar-refractivity contribution in [3.8, 4) is 11.5 Å². The van der Waals surface area contributed by atoms with Crippen LogP contribution in [-0.4, -0.2) is 24.5 Å². The molecule has 0 aliphatic heterocycles. The van der Waals surface area contributed by atoms with E-state index in [1.165, 1.54) is 13.2 Å². The highest BCUT2D eigenvalue weighted by atomic mass is 35.5. The number of nitrogens with two attached hydrogens (primary N) is 1. The van der Waals surface area contributed by atoms with Gasteiger partial charge in [0.05, 0.1) is 28.3 Å². The summed E-state index contributed by atoms with van der Waals surface area (Å²) >= 11 is 6.36. The molecule has 3 aromatic heterocycles. The molecule has 30 heavy (non-hydrogen) atoms. The SMILES string of the molecule is CCCc1cc2c(Cl)c(N)ccc2n1Cc1noc(-c2cn(C)nc2C(F)(F)F)n1. The summed E-state index contributed by atoms with van der Waals surface area (Å²) in [4.78, 5) is 4.18. The quantitative estimate of drug-likeness (QED) is 0.457. The van der Waals surface area contributed by atoms with Gasteiger partial charge in [-0.15, -0.1) is 0 Å². The van der Waals surface area contributed by atoms with E-state index in [1.54, 1.807) is 6.07 Å². The molecule has 7 nitrogen and oxygen atoms in total. The average Bonchev–Trinajstić information content (AvgIpc) is 3.37. The Bertz CT molecular complexity index is 1220. The third kappa shape index (κ3) is 3.51. The van der Waals surface area contributed by atoms with Crippen molar-refractivity contribution in [2.24, 2.45) is 7.05 Å². The van der Waals surface area contributed by atoms with Crippen LogP contribution in [0, 0.1) is 0 Å². The lowest BCUT2D eigenvalue weighted by Gasteiger charge is -2.08. The summed E-state index contributed by atoms with van der Waals surface area (Å²) in [6.07, 6.45) is -1.76. The minimum absolute atomic E-state index is 0.212. The molecule has 0 aliphatic rings. The molecule has 0 bridgehead atoms. The van der Waals surface area contributed by atoms with Gasteiger partial charge in [0.25, 0.3) is 5.89 Å². The maximum absolute atomic E-state index is 13.2. The van der Waals surface area contributed by atoms with Gasteiger partial charge in [-0.3, -0.25) is 4.68 Å². The third-order valence-electron chi connectivity index (χ3n) is 4.74. The van der Waals surface area contributed by atoms with Crippen molar-refractivity contribution in [3.05, 3.63) is 46.6 Å². The van der Waals surface area contributed by atoms with Gasteiger partial charge in [-0.05, 0) is 24.6 Å². The van der Waals surface area contributed by atoms with E-state index in [0.717, 1.165) is 34.1 Å². The average molecular weight is 439 g/mol. The first-order chi connectivity index (χ1) is 14.2. The number of aryl methyl sites for hydroxylation is 2. The first kappa shape index (κ1) is 20.3. The molecule has 0 aliphatic carbocycles. The van der Waals surface area contributed by atoms with Gasteiger partial charge in [0.1, 0.15) is 0 Å². The van der Waals surface area contributed by atoms with Crippen LogP contribution in [0.5, 0.6) is 0 Å². The molecule has 11 heteroatoms. The van der Waals surface area contributed by atoms with Crippen molar-refractivity contribution in [2.45, 2.75) is 32.5 Å². The summed E-state index contributed by atoms with van der Waals surface area (Å²) in [6.45, 7) is 2.26. The monoisotopic (exact) mass is 438 g/mol. The second-order valence-corrected chi connectivity index (χ2v) is 7.33. The highest BCUT2D eigenvalue weighted by Crippen LogP contribution is 2.36. The Morgan fingerprint density at radius 2 is 2.03 bits per heavy atom. The highest BCUT2D eigenvalue weighted by molar-refractivity contribution is 6.38. The summed E-state index contributed by atoms with van der Waals surface area (Å²) in [5, 5.41) is 8.61. The van der Waals surface area contributed by atoms with E-state index in [4.69, 9.17) is 21.9 Å². The van der Waals surface area contributed by atoms with Crippen LogP contribution in [0.4, 0.5) is 18.9 Å². The van der Waals surface area contributed by atoms with Gasteiger partial charge in [-0.25, -0.2) is 0 Å². The van der Waals surface area contributed by atoms with Crippen molar-refractivity contribution in [3.63, 3.8) is 0 Å². The number of hydrogen-bond donors (Lipinski definition) is 1. The summed E-state index contributed by atoms with van der Waals surface area (Å²) in [5.41, 5.74) is 6.88. The van der Waals surface area contributed by atoms with Gasteiger partial charge in [0.2, 0.25) is 0 Å². The van der Waals surface area contributed by atoms with Crippen LogP contribution in [0.3, 0.4) is 0 Å². The number of rotatable bonds is 5. The summed E-state index contributed by atoms with van der Waals surface area (Å²) < 4.78 is 47.9. The maximum Gasteiger partial charge on any atom is 0.435 e. The van der Waals surface area contributed by atoms with Crippen molar-refractivity contribution in [1.82, 2.24) is 24.5 Å². The van der Waals surface area contributed by atoms with E-state index < -0.39 is 11.9 Å². The lowest BCUT2D eigenvalue weighted by molar-refractivity contribution is -0.141. The number of alkyl halides is 3. The molecule has 4 rings (SSSR count). The molecule has 4 aromatic rings. The fourth-order valence-electron chi connectivity index (χ4n) is 3.44. The van der Waals surface area contributed by atoms with Crippen LogP contribution in [0.15, 0.2) is 28.9 Å². The molecule has 0 saturated heterocycles. The first-order valence-electron chi connectivity index (χ1n) is 9.19. The van der Waals surface area contributed by atoms with E-state index in [-0.39, 0.29) is 23.8 Å². The number of hydrogen-bond acceptors (Lipinski definition) is 5. The second kappa shape index (κ2) is 7.35. The van der Waals surface area contributed by atoms with Crippen molar-refractivity contribution < 1.29 is 17.7 Å². The molecule has 0 radical (unpaired) electrons. The summed E-state index contributed by atoms with van der Waals surface area (Å²) in [5.74, 6) is 0.00554. The van der Waals surface area contributed by atoms with Gasteiger partial charge in [-0.2, -0.15) is 23.3 Å². The molecule has 0 saturated carbocycles. The van der Waals surface area contributed by atoms with E-state index >= 15 is 0 Å². The summed E-state index contributed by atoms with van der Waals surface area (Å²) in [7, 11) is 1.40. The van der Waals surface area contributed by atoms with Crippen LogP contribution in [0.25, 0.3) is 22.4 Å². The number of fused-ring (bicyclic) bond motifs is 1. The third-order valence-corrected chi connectivity index (χ3v) is 5.16. The van der Waals surface area contributed by atoms with Gasteiger partial charge in [-0.1, -0.05) is 30.1 Å². The zero-order valence-corrected chi connectivity index (χ0v) is 16.9. The van der Waals surface area contributed by atoms with E-state index in [9.17, 15) is 13.2 Å². The number of benzene rings is 1. The molecule has 2 N–H and O–H groups in total. The number of anilines is 1. The number of nitrogens with zero attached hydrogens (tertiary/aromatic N) is 5. The summed E-state index contributed by atoms with van der Waals surface area (Å²) in [6, 6.07) is 5.52. The molecule has 0 fully saturated rings. The number of nitrogen functional groups attached to an aromatic ring is 1. The molecular formula is C19H18ClF3N6O. The predicted molar refractivity (Wildman–Crippen MR) is 106 cm³/mol. The van der Waals surface area contributed by atoms with E-state index in [0.29, 0.717) is 10.7 Å². The van der Waals surface area contributed by atoms with Crippen molar-refractivity contribution in [2.75, 3.05) is 5.73 Å². The second-order valence-electron chi connectivity index (χ2n) is 6.95.